The topological polar surface area (TPSA) is 58.5 Å². The number of aromatic nitrogens is 1. The van der Waals surface area contributed by atoms with Crippen LogP contribution in [-0.4, -0.2) is 43.8 Å². The molecule has 2 N–H and O–H groups in total. The summed E-state index contributed by atoms with van der Waals surface area (Å²) < 4.78 is 5.56. The summed E-state index contributed by atoms with van der Waals surface area (Å²) in [5.41, 5.74) is 1.15. The first-order valence-electron chi connectivity index (χ1n) is 8.32. The molecule has 1 heterocycles. The fourth-order valence-electron chi connectivity index (χ4n) is 1.90. The molecule has 0 unspecified atom stereocenters. The van der Waals surface area contributed by atoms with E-state index < -0.39 is 0 Å². The molecule has 5 nitrogen and oxygen atoms in total. The van der Waals surface area contributed by atoms with Gasteiger partial charge in [0.25, 0.3) is 0 Å². The minimum absolute atomic E-state index is 0.524. The van der Waals surface area contributed by atoms with Gasteiger partial charge in [-0.3, -0.25) is 4.99 Å². The second kappa shape index (κ2) is 12.1. The molecule has 0 saturated carbocycles. The van der Waals surface area contributed by atoms with Crippen molar-refractivity contribution in [3.63, 3.8) is 0 Å². The van der Waals surface area contributed by atoms with Gasteiger partial charge >= 0.3 is 0 Å². The Hall–Kier alpha value is -1.33. The van der Waals surface area contributed by atoms with Gasteiger partial charge in [-0.15, -0.1) is 0 Å². The van der Waals surface area contributed by atoms with Crippen LogP contribution in [-0.2, 0) is 11.2 Å². The Kier molecular flexibility index (Phi) is 10.4. The van der Waals surface area contributed by atoms with Gasteiger partial charge in [0.2, 0.25) is 0 Å². The lowest BCUT2D eigenvalue weighted by Gasteiger charge is -2.11. The van der Waals surface area contributed by atoms with Gasteiger partial charge in [-0.2, -0.15) is 0 Å². The lowest BCUT2D eigenvalue weighted by Crippen LogP contribution is -2.38. The third kappa shape index (κ3) is 10.1. The van der Waals surface area contributed by atoms with Crippen LogP contribution in [0.15, 0.2) is 23.3 Å². The van der Waals surface area contributed by atoms with E-state index in [1.807, 2.05) is 12.1 Å². The summed E-state index contributed by atoms with van der Waals surface area (Å²) in [6.07, 6.45) is 3.62. The summed E-state index contributed by atoms with van der Waals surface area (Å²) in [6, 6.07) is 3.81. The van der Waals surface area contributed by atoms with E-state index in [2.05, 4.69) is 41.4 Å². The van der Waals surface area contributed by atoms with Crippen LogP contribution in [0.3, 0.4) is 0 Å². The van der Waals surface area contributed by atoms with Crippen LogP contribution < -0.4 is 10.6 Å². The highest BCUT2D eigenvalue weighted by molar-refractivity contribution is 6.29. The highest BCUT2D eigenvalue weighted by Crippen LogP contribution is 2.05. The summed E-state index contributed by atoms with van der Waals surface area (Å²) in [6.45, 7) is 10.4. The Labute approximate surface area is 144 Å². The smallest absolute Gasteiger partial charge is 0.191 e. The zero-order valence-electron chi connectivity index (χ0n) is 14.4. The van der Waals surface area contributed by atoms with Crippen molar-refractivity contribution in [2.45, 2.75) is 33.6 Å². The van der Waals surface area contributed by atoms with E-state index in [9.17, 15) is 0 Å². The number of halogens is 1. The van der Waals surface area contributed by atoms with Crippen molar-refractivity contribution < 1.29 is 4.74 Å². The van der Waals surface area contributed by atoms with Crippen molar-refractivity contribution >= 4 is 17.6 Å². The Morgan fingerprint density at radius 1 is 1.35 bits per heavy atom. The predicted octanol–water partition coefficient (Wildman–Crippen LogP) is 2.90. The lowest BCUT2D eigenvalue weighted by molar-refractivity contribution is 0.109. The molecule has 0 bridgehead atoms. The largest absolute Gasteiger partial charge is 0.381 e. The number of rotatable bonds is 10. The molecule has 130 valence electrons. The number of nitrogens with one attached hydrogen (secondary N) is 2. The fourth-order valence-corrected chi connectivity index (χ4v) is 2.01. The van der Waals surface area contributed by atoms with Gasteiger partial charge in [0.05, 0.1) is 0 Å². The summed E-state index contributed by atoms with van der Waals surface area (Å²) in [7, 11) is 0. The molecule has 0 amide bonds. The van der Waals surface area contributed by atoms with Crippen LogP contribution in [0.25, 0.3) is 0 Å². The lowest BCUT2D eigenvalue weighted by atomic mass is 10.2. The van der Waals surface area contributed by atoms with E-state index in [-0.39, 0.29) is 0 Å². The maximum absolute atomic E-state index is 5.78. The van der Waals surface area contributed by atoms with Crippen molar-refractivity contribution in [3.05, 3.63) is 29.0 Å². The summed E-state index contributed by atoms with van der Waals surface area (Å²) >= 11 is 5.78. The van der Waals surface area contributed by atoms with Gasteiger partial charge in [0.15, 0.2) is 5.96 Å². The first-order chi connectivity index (χ1) is 11.1. The Balaban J connectivity index is 2.24. The number of nitrogens with zero attached hydrogens (tertiary/aromatic N) is 2. The molecule has 0 radical (unpaired) electrons. The fraction of sp³-hybridized carbons (Fsp3) is 0.647. The van der Waals surface area contributed by atoms with E-state index in [1.54, 1.807) is 6.20 Å². The van der Waals surface area contributed by atoms with Gasteiger partial charge in [0, 0.05) is 39.0 Å². The van der Waals surface area contributed by atoms with Crippen LogP contribution in [0.1, 0.15) is 32.8 Å². The van der Waals surface area contributed by atoms with Gasteiger partial charge in [-0.05, 0) is 37.3 Å². The van der Waals surface area contributed by atoms with E-state index >= 15 is 0 Å². The Morgan fingerprint density at radius 2 is 2.17 bits per heavy atom. The zero-order valence-corrected chi connectivity index (χ0v) is 15.2. The van der Waals surface area contributed by atoms with Gasteiger partial charge < -0.3 is 15.4 Å². The van der Waals surface area contributed by atoms with Gasteiger partial charge in [-0.25, -0.2) is 4.98 Å². The van der Waals surface area contributed by atoms with Crippen molar-refractivity contribution in [1.29, 1.82) is 0 Å². The molecule has 0 spiro atoms. The average Bonchev–Trinajstić information content (AvgIpc) is 2.52. The van der Waals surface area contributed by atoms with E-state index in [0.717, 1.165) is 57.2 Å². The van der Waals surface area contributed by atoms with E-state index in [0.29, 0.717) is 11.1 Å². The first kappa shape index (κ1) is 19.7. The number of aliphatic imine (C=N–C) groups is 1. The molecule has 0 fully saturated rings. The predicted molar refractivity (Wildman–Crippen MR) is 97.2 cm³/mol. The zero-order chi connectivity index (χ0) is 16.9. The molecule has 0 aliphatic heterocycles. The highest BCUT2D eigenvalue weighted by Gasteiger charge is 1.99. The van der Waals surface area contributed by atoms with Crippen LogP contribution in [0.4, 0.5) is 0 Å². The molecule has 0 aromatic carbocycles. The summed E-state index contributed by atoms with van der Waals surface area (Å²) in [4.78, 5) is 8.63. The maximum Gasteiger partial charge on any atom is 0.191 e. The van der Waals surface area contributed by atoms with Crippen LogP contribution in [0, 0.1) is 5.92 Å². The van der Waals surface area contributed by atoms with Crippen molar-refractivity contribution in [1.82, 2.24) is 15.6 Å². The third-order valence-corrected chi connectivity index (χ3v) is 3.23. The molecule has 1 rings (SSSR count). The van der Waals surface area contributed by atoms with Crippen molar-refractivity contribution in [2.24, 2.45) is 10.9 Å². The average molecular weight is 341 g/mol. The molecular weight excluding hydrogens is 312 g/mol. The monoisotopic (exact) mass is 340 g/mol. The molecule has 0 aliphatic rings. The van der Waals surface area contributed by atoms with Crippen molar-refractivity contribution in [2.75, 3.05) is 32.8 Å². The quantitative estimate of drug-likeness (QED) is 0.297. The number of hydrogen-bond acceptors (Lipinski definition) is 3. The normalized spacial score (nSPS) is 11.8. The molecule has 0 aliphatic carbocycles. The Bertz CT molecular complexity index is 448. The summed E-state index contributed by atoms with van der Waals surface area (Å²) in [5, 5.41) is 7.10. The second-order valence-electron chi connectivity index (χ2n) is 5.75. The number of hydrogen-bond donors (Lipinski definition) is 2. The minimum Gasteiger partial charge on any atom is -0.381 e. The number of guanidine groups is 1. The standard InChI is InChI=1S/C17H29ClN4O/c1-4-19-17(20-9-5-11-23-13-14(2)3)21-10-8-15-6-7-16(18)22-12-15/h6-7,12,14H,4-5,8-11,13H2,1-3H3,(H2,19,20,21). The SMILES string of the molecule is CCNC(=NCCCOCC(C)C)NCCc1ccc(Cl)nc1. The molecule has 1 aromatic rings. The van der Waals surface area contributed by atoms with E-state index in [1.165, 1.54) is 0 Å². The highest BCUT2D eigenvalue weighted by atomic mass is 35.5. The molecular formula is C17H29ClN4O. The number of pyridine rings is 1. The van der Waals surface area contributed by atoms with Crippen LogP contribution in [0.2, 0.25) is 5.15 Å². The minimum atomic E-state index is 0.524. The summed E-state index contributed by atoms with van der Waals surface area (Å²) in [5.74, 6) is 1.43. The molecule has 0 saturated heterocycles. The van der Waals surface area contributed by atoms with Gasteiger partial charge in [-0.1, -0.05) is 31.5 Å². The third-order valence-electron chi connectivity index (χ3n) is 3.01. The van der Waals surface area contributed by atoms with Crippen LogP contribution >= 0.6 is 11.6 Å². The number of ether oxygens (including phenoxy) is 1. The van der Waals surface area contributed by atoms with Gasteiger partial charge in [0.1, 0.15) is 5.15 Å². The maximum atomic E-state index is 5.78. The molecule has 1 aromatic heterocycles. The van der Waals surface area contributed by atoms with E-state index in [4.69, 9.17) is 16.3 Å². The molecule has 0 atom stereocenters. The molecule has 23 heavy (non-hydrogen) atoms. The second-order valence-corrected chi connectivity index (χ2v) is 6.14. The molecule has 6 heteroatoms. The first-order valence-corrected chi connectivity index (χ1v) is 8.70. The Morgan fingerprint density at radius 3 is 2.83 bits per heavy atom. The van der Waals surface area contributed by atoms with Crippen LogP contribution in [0.5, 0.6) is 0 Å². The van der Waals surface area contributed by atoms with Crippen molar-refractivity contribution in [3.8, 4) is 0 Å².